The highest BCUT2D eigenvalue weighted by Gasteiger charge is 2.66. The van der Waals surface area contributed by atoms with E-state index in [4.69, 9.17) is 14.2 Å². The lowest BCUT2D eigenvalue weighted by molar-refractivity contribution is -0.156. The summed E-state index contributed by atoms with van der Waals surface area (Å²) in [5.74, 6) is -0.919. The third-order valence-corrected chi connectivity index (χ3v) is 6.24. The van der Waals surface area contributed by atoms with E-state index >= 15 is 0 Å². The molecule has 0 spiro atoms. The van der Waals surface area contributed by atoms with Crippen LogP contribution in [0.1, 0.15) is 53.4 Å². The Morgan fingerprint density at radius 2 is 1.82 bits per heavy atom. The Hall–Kier alpha value is -0.650. The Morgan fingerprint density at radius 1 is 1.18 bits per heavy atom. The average molecular weight is 312 g/mol. The first-order valence-corrected chi connectivity index (χ1v) is 8.41. The second kappa shape index (κ2) is 5.18. The summed E-state index contributed by atoms with van der Waals surface area (Å²) in [6, 6.07) is 0. The van der Waals surface area contributed by atoms with Gasteiger partial charge in [0.15, 0.2) is 11.9 Å². The molecule has 0 amide bonds. The summed E-state index contributed by atoms with van der Waals surface area (Å²) in [6.07, 6.45) is 2.41. The maximum atomic E-state index is 12.0. The number of aliphatic hydroxyl groups excluding tert-OH is 1. The first-order chi connectivity index (χ1) is 10.2. The first-order valence-electron chi connectivity index (χ1n) is 8.41. The molecule has 3 aliphatic rings. The van der Waals surface area contributed by atoms with Crippen molar-refractivity contribution >= 4 is 5.97 Å². The monoisotopic (exact) mass is 312 g/mol. The summed E-state index contributed by atoms with van der Waals surface area (Å²) in [5, 5.41) is 10.4. The van der Waals surface area contributed by atoms with Gasteiger partial charge in [-0.3, -0.25) is 0 Å². The van der Waals surface area contributed by atoms with Crippen molar-refractivity contribution < 1.29 is 24.1 Å². The Kier molecular flexibility index (Phi) is 3.82. The lowest BCUT2D eigenvalue weighted by Gasteiger charge is -2.39. The molecule has 5 nitrogen and oxygen atoms in total. The van der Waals surface area contributed by atoms with Crippen LogP contribution in [0, 0.1) is 17.3 Å². The van der Waals surface area contributed by atoms with Gasteiger partial charge in [-0.25, -0.2) is 4.79 Å². The summed E-state index contributed by atoms with van der Waals surface area (Å²) < 4.78 is 17.1. The SMILES string of the molecule is CC(C)[C@]12CC[C@](C)(CCC3(C)OCCO3)[C@H]1[C@H](O)C(=O)O2. The first kappa shape index (κ1) is 16.2. The molecule has 0 radical (unpaired) electrons. The highest BCUT2D eigenvalue weighted by Crippen LogP contribution is 2.60. The van der Waals surface area contributed by atoms with Gasteiger partial charge in [0.05, 0.1) is 13.2 Å². The van der Waals surface area contributed by atoms with Gasteiger partial charge in [-0.05, 0) is 37.5 Å². The van der Waals surface area contributed by atoms with E-state index in [9.17, 15) is 9.90 Å². The zero-order chi connectivity index (χ0) is 16.2. The molecular formula is C17H28O5. The third-order valence-electron chi connectivity index (χ3n) is 6.24. The largest absolute Gasteiger partial charge is 0.456 e. The molecule has 2 heterocycles. The van der Waals surface area contributed by atoms with E-state index in [1.165, 1.54) is 0 Å². The molecule has 126 valence electrons. The summed E-state index contributed by atoms with van der Waals surface area (Å²) >= 11 is 0. The van der Waals surface area contributed by atoms with Crippen molar-refractivity contribution in [2.75, 3.05) is 13.2 Å². The van der Waals surface area contributed by atoms with Crippen LogP contribution in [0.15, 0.2) is 0 Å². The summed E-state index contributed by atoms with van der Waals surface area (Å²) in [7, 11) is 0. The number of fused-ring (bicyclic) bond motifs is 1. The van der Waals surface area contributed by atoms with Crippen molar-refractivity contribution in [1.29, 1.82) is 0 Å². The Labute approximate surface area is 132 Å². The second-order valence-electron chi connectivity index (χ2n) is 7.94. The molecule has 22 heavy (non-hydrogen) atoms. The molecule has 0 aromatic heterocycles. The number of carbonyl (C=O) groups excluding carboxylic acids is 1. The molecule has 3 rings (SSSR count). The third kappa shape index (κ3) is 2.29. The molecule has 0 aromatic carbocycles. The number of hydrogen-bond acceptors (Lipinski definition) is 5. The van der Waals surface area contributed by atoms with Crippen molar-refractivity contribution in [3.8, 4) is 0 Å². The number of hydrogen-bond donors (Lipinski definition) is 1. The van der Waals surface area contributed by atoms with Gasteiger partial charge in [0, 0.05) is 12.3 Å². The van der Waals surface area contributed by atoms with Crippen LogP contribution in [-0.2, 0) is 19.0 Å². The minimum atomic E-state index is -1.01. The summed E-state index contributed by atoms with van der Waals surface area (Å²) in [6.45, 7) is 9.57. The van der Waals surface area contributed by atoms with Gasteiger partial charge in [0.25, 0.3) is 0 Å². The molecule has 0 aromatic rings. The van der Waals surface area contributed by atoms with E-state index in [0.29, 0.717) is 13.2 Å². The standard InChI is InChI=1S/C17H28O5/c1-11(2)17-8-6-15(3,13(17)12(18)14(19)22-17)5-7-16(4)20-9-10-21-16/h11-13,18H,5-10H2,1-4H3/t12-,13+,15-,17+/m0/s1. The minimum absolute atomic E-state index is 0.131. The predicted octanol–water partition coefficient (Wildman–Crippen LogP) is 2.26. The van der Waals surface area contributed by atoms with Crippen LogP contribution in [0.5, 0.6) is 0 Å². The maximum Gasteiger partial charge on any atom is 0.336 e. The van der Waals surface area contributed by atoms with E-state index in [1.807, 2.05) is 6.92 Å². The molecule has 0 bridgehead atoms. The molecule has 2 saturated heterocycles. The van der Waals surface area contributed by atoms with Crippen molar-refractivity contribution in [3.63, 3.8) is 0 Å². The van der Waals surface area contributed by atoms with Crippen LogP contribution in [0.25, 0.3) is 0 Å². The lowest BCUT2D eigenvalue weighted by Crippen LogP contribution is -2.44. The van der Waals surface area contributed by atoms with Gasteiger partial charge in [0.1, 0.15) is 5.60 Å². The maximum absolute atomic E-state index is 12.0. The number of rotatable bonds is 4. The zero-order valence-electron chi connectivity index (χ0n) is 14.1. The molecule has 1 aliphatic carbocycles. The summed E-state index contributed by atoms with van der Waals surface area (Å²) in [5.41, 5.74) is -0.641. The minimum Gasteiger partial charge on any atom is -0.456 e. The normalized spacial score (nSPS) is 43.6. The van der Waals surface area contributed by atoms with Crippen molar-refractivity contribution in [2.24, 2.45) is 17.3 Å². The van der Waals surface area contributed by atoms with E-state index in [-0.39, 0.29) is 17.3 Å². The second-order valence-corrected chi connectivity index (χ2v) is 7.94. The van der Waals surface area contributed by atoms with Gasteiger partial charge < -0.3 is 19.3 Å². The predicted molar refractivity (Wildman–Crippen MR) is 80.0 cm³/mol. The van der Waals surface area contributed by atoms with Gasteiger partial charge in [-0.2, -0.15) is 0 Å². The van der Waals surface area contributed by atoms with Gasteiger partial charge in [0.2, 0.25) is 0 Å². The number of carbonyl (C=O) groups is 1. The van der Waals surface area contributed by atoms with Crippen LogP contribution in [0.4, 0.5) is 0 Å². The quantitative estimate of drug-likeness (QED) is 0.807. The van der Waals surface area contributed by atoms with Crippen LogP contribution in [0.3, 0.4) is 0 Å². The Bertz CT molecular complexity index is 456. The molecular weight excluding hydrogens is 284 g/mol. The fourth-order valence-electron chi connectivity index (χ4n) is 4.79. The molecule has 2 aliphatic heterocycles. The molecule has 1 N–H and O–H groups in total. The highest BCUT2D eigenvalue weighted by molar-refractivity contribution is 5.78. The van der Waals surface area contributed by atoms with Crippen LogP contribution in [0.2, 0.25) is 0 Å². The Balaban J connectivity index is 1.80. The smallest absolute Gasteiger partial charge is 0.336 e. The van der Waals surface area contributed by atoms with E-state index < -0.39 is 23.5 Å². The number of ether oxygens (including phenoxy) is 3. The topological polar surface area (TPSA) is 65.0 Å². The Morgan fingerprint density at radius 3 is 2.41 bits per heavy atom. The van der Waals surface area contributed by atoms with Crippen molar-refractivity contribution in [2.45, 2.75) is 70.9 Å². The number of aliphatic hydroxyl groups is 1. The van der Waals surface area contributed by atoms with E-state index in [2.05, 4.69) is 20.8 Å². The molecule has 4 atom stereocenters. The molecule has 3 fully saturated rings. The average Bonchev–Trinajstić information content (AvgIpc) is 3.07. The highest BCUT2D eigenvalue weighted by atomic mass is 16.7. The fourth-order valence-corrected chi connectivity index (χ4v) is 4.79. The molecule has 1 saturated carbocycles. The van der Waals surface area contributed by atoms with Gasteiger partial charge in [-0.15, -0.1) is 0 Å². The van der Waals surface area contributed by atoms with Crippen molar-refractivity contribution in [1.82, 2.24) is 0 Å². The van der Waals surface area contributed by atoms with E-state index in [0.717, 1.165) is 25.7 Å². The van der Waals surface area contributed by atoms with E-state index in [1.54, 1.807) is 0 Å². The molecule has 5 heteroatoms. The van der Waals surface area contributed by atoms with Gasteiger partial charge >= 0.3 is 5.97 Å². The zero-order valence-corrected chi connectivity index (χ0v) is 14.1. The number of esters is 1. The lowest BCUT2D eigenvalue weighted by atomic mass is 9.68. The van der Waals surface area contributed by atoms with Crippen LogP contribution < -0.4 is 0 Å². The van der Waals surface area contributed by atoms with Gasteiger partial charge in [-0.1, -0.05) is 20.8 Å². The van der Waals surface area contributed by atoms with Crippen LogP contribution >= 0.6 is 0 Å². The summed E-state index contributed by atoms with van der Waals surface area (Å²) in [4.78, 5) is 12.0. The fraction of sp³-hybridized carbons (Fsp3) is 0.941. The van der Waals surface area contributed by atoms with Crippen LogP contribution in [-0.4, -0.2) is 41.8 Å². The van der Waals surface area contributed by atoms with Crippen molar-refractivity contribution in [3.05, 3.63) is 0 Å². The molecule has 0 unspecified atom stereocenters.